The number of benzene rings is 1. The van der Waals surface area contributed by atoms with E-state index in [0.717, 1.165) is 56.4 Å². The lowest BCUT2D eigenvalue weighted by atomic mass is 9.99. The number of amides is 1. The van der Waals surface area contributed by atoms with Gasteiger partial charge in [0.2, 0.25) is 0 Å². The third-order valence-electron chi connectivity index (χ3n) is 5.84. The van der Waals surface area contributed by atoms with Gasteiger partial charge in [-0.1, -0.05) is 6.92 Å². The Morgan fingerprint density at radius 2 is 1.68 bits per heavy atom. The highest BCUT2D eigenvalue weighted by Crippen LogP contribution is 2.23. The molecule has 2 aliphatic heterocycles. The summed E-state index contributed by atoms with van der Waals surface area (Å²) < 4.78 is 0. The first kappa shape index (κ1) is 18.7. The molecule has 2 aromatic rings. The van der Waals surface area contributed by atoms with Crippen molar-refractivity contribution in [3.8, 4) is 0 Å². The van der Waals surface area contributed by atoms with Gasteiger partial charge >= 0.3 is 0 Å². The summed E-state index contributed by atoms with van der Waals surface area (Å²) in [4.78, 5) is 25.9. The van der Waals surface area contributed by atoms with Gasteiger partial charge in [0.15, 0.2) is 0 Å². The molecule has 1 aromatic heterocycles. The average Bonchev–Trinajstić information content (AvgIpc) is 2.75. The minimum Gasteiger partial charge on any atom is -0.372 e. The summed E-state index contributed by atoms with van der Waals surface area (Å²) in [5, 5.41) is 2.96. The van der Waals surface area contributed by atoms with Crippen LogP contribution in [0.5, 0.6) is 0 Å². The summed E-state index contributed by atoms with van der Waals surface area (Å²) in [6, 6.07) is 9.90. The van der Waals surface area contributed by atoms with Crippen LogP contribution < -0.4 is 15.1 Å². The summed E-state index contributed by atoms with van der Waals surface area (Å²) >= 11 is 0. The van der Waals surface area contributed by atoms with Crippen LogP contribution in [0.1, 0.15) is 49.5 Å². The Morgan fingerprint density at radius 3 is 2.39 bits per heavy atom. The summed E-state index contributed by atoms with van der Waals surface area (Å²) in [6.45, 7) is 6.48. The highest BCUT2D eigenvalue weighted by molar-refractivity contribution is 6.03. The SMILES string of the molecule is CC1CCN(c2cc(C(=O)Nc3ccc(N4CCCCC4)cc3)ncn2)CC1. The van der Waals surface area contributed by atoms with Crippen molar-refractivity contribution in [2.75, 3.05) is 41.3 Å². The van der Waals surface area contributed by atoms with Gasteiger partial charge in [0, 0.05) is 43.6 Å². The highest BCUT2D eigenvalue weighted by atomic mass is 16.1. The number of piperidine rings is 2. The van der Waals surface area contributed by atoms with Gasteiger partial charge in [0.05, 0.1) is 0 Å². The van der Waals surface area contributed by atoms with Gasteiger partial charge in [-0.15, -0.1) is 0 Å². The number of rotatable bonds is 4. The first-order valence-corrected chi connectivity index (χ1v) is 10.4. The lowest BCUT2D eigenvalue weighted by molar-refractivity contribution is 0.102. The summed E-state index contributed by atoms with van der Waals surface area (Å²) in [7, 11) is 0. The lowest BCUT2D eigenvalue weighted by Gasteiger charge is -2.31. The van der Waals surface area contributed by atoms with Crippen molar-refractivity contribution in [2.24, 2.45) is 5.92 Å². The van der Waals surface area contributed by atoms with E-state index in [2.05, 4.69) is 44.1 Å². The van der Waals surface area contributed by atoms with Gasteiger partial charge in [-0.05, 0) is 62.3 Å². The zero-order valence-corrected chi connectivity index (χ0v) is 16.6. The van der Waals surface area contributed by atoms with Crippen molar-refractivity contribution in [3.05, 3.63) is 42.4 Å². The monoisotopic (exact) mass is 379 g/mol. The van der Waals surface area contributed by atoms with Crippen molar-refractivity contribution in [2.45, 2.75) is 39.0 Å². The van der Waals surface area contributed by atoms with E-state index in [0.29, 0.717) is 5.69 Å². The van der Waals surface area contributed by atoms with E-state index in [9.17, 15) is 4.79 Å². The molecule has 0 aliphatic carbocycles. The standard InChI is InChI=1S/C22H29N5O/c1-17-9-13-27(14-10-17)21-15-20(23-16-24-21)22(28)25-18-5-7-19(8-6-18)26-11-3-2-4-12-26/h5-8,15-17H,2-4,9-14H2,1H3,(H,25,28). The van der Waals surface area contributed by atoms with Crippen molar-refractivity contribution in [1.29, 1.82) is 0 Å². The topological polar surface area (TPSA) is 61.4 Å². The molecule has 0 spiro atoms. The van der Waals surface area contributed by atoms with Gasteiger partial charge in [-0.2, -0.15) is 0 Å². The molecular weight excluding hydrogens is 350 g/mol. The quantitative estimate of drug-likeness (QED) is 0.871. The zero-order chi connectivity index (χ0) is 19.3. The Morgan fingerprint density at radius 1 is 0.964 bits per heavy atom. The molecule has 148 valence electrons. The fraction of sp³-hybridized carbons (Fsp3) is 0.500. The lowest BCUT2D eigenvalue weighted by Crippen LogP contribution is -2.33. The van der Waals surface area contributed by atoms with E-state index >= 15 is 0 Å². The molecule has 0 saturated carbocycles. The molecule has 0 radical (unpaired) electrons. The number of nitrogens with zero attached hydrogens (tertiary/aromatic N) is 4. The Bertz CT molecular complexity index is 793. The molecule has 6 heteroatoms. The van der Waals surface area contributed by atoms with Gasteiger partial charge in [0.1, 0.15) is 17.8 Å². The highest BCUT2D eigenvalue weighted by Gasteiger charge is 2.19. The van der Waals surface area contributed by atoms with Gasteiger partial charge in [0.25, 0.3) is 5.91 Å². The second-order valence-corrected chi connectivity index (χ2v) is 7.98. The third-order valence-corrected chi connectivity index (χ3v) is 5.84. The zero-order valence-electron chi connectivity index (χ0n) is 16.6. The predicted molar refractivity (Wildman–Crippen MR) is 113 cm³/mol. The fourth-order valence-electron chi connectivity index (χ4n) is 3.98. The van der Waals surface area contributed by atoms with Gasteiger partial charge < -0.3 is 15.1 Å². The van der Waals surface area contributed by atoms with Crippen molar-refractivity contribution >= 4 is 23.1 Å². The van der Waals surface area contributed by atoms with Crippen LogP contribution >= 0.6 is 0 Å². The van der Waals surface area contributed by atoms with Crippen LogP contribution in [0.3, 0.4) is 0 Å². The van der Waals surface area contributed by atoms with Crippen molar-refractivity contribution in [1.82, 2.24) is 9.97 Å². The van der Waals surface area contributed by atoms with Crippen molar-refractivity contribution in [3.63, 3.8) is 0 Å². The Labute approximate surface area is 167 Å². The van der Waals surface area contributed by atoms with Gasteiger partial charge in [-0.25, -0.2) is 9.97 Å². The number of carbonyl (C=O) groups is 1. The number of nitrogens with one attached hydrogen (secondary N) is 1. The summed E-state index contributed by atoms with van der Waals surface area (Å²) in [5.74, 6) is 1.40. The molecule has 28 heavy (non-hydrogen) atoms. The summed E-state index contributed by atoms with van der Waals surface area (Å²) in [5.41, 5.74) is 2.42. The summed E-state index contributed by atoms with van der Waals surface area (Å²) in [6.07, 6.45) is 7.64. The predicted octanol–water partition coefficient (Wildman–Crippen LogP) is 3.96. The molecule has 1 aromatic carbocycles. The molecule has 0 bridgehead atoms. The minimum absolute atomic E-state index is 0.195. The maximum absolute atomic E-state index is 12.7. The molecule has 0 atom stereocenters. The van der Waals surface area contributed by atoms with Crippen molar-refractivity contribution < 1.29 is 4.79 Å². The molecule has 4 rings (SSSR count). The van der Waals surface area contributed by atoms with E-state index in [-0.39, 0.29) is 5.91 Å². The van der Waals surface area contributed by atoms with E-state index < -0.39 is 0 Å². The van der Waals surface area contributed by atoms with Gasteiger partial charge in [-0.3, -0.25) is 4.79 Å². The fourth-order valence-corrected chi connectivity index (χ4v) is 3.98. The van der Waals surface area contributed by atoms with E-state index in [1.807, 2.05) is 12.1 Å². The first-order chi connectivity index (χ1) is 13.7. The number of hydrogen-bond donors (Lipinski definition) is 1. The maximum atomic E-state index is 12.7. The minimum atomic E-state index is -0.195. The second-order valence-electron chi connectivity index (χ2n) is 7.98. The molecule has 1 N–H and O–H groups in total. The Hall–Kier alpha value is -2.63. The Balaban J connectivity index is 1.40. The van der Waals surface area contributed by atoms with Crippen LogP contribution in [0.4, 0.5) is 17.2 Å². The molecule has 2 saturated heterocycles. The maximum Gasteiger partial charge on any atom is 0.274 e. The van der Waals surface area contributed by atoms with E-state index in [1.165, 1.54) is 31.3 Å². The molecule has 3 heterocycles. The van der Waals surface area contributed by atoms with Crippen LogP contribution in [-0.2, 0) is 0 Å². The van der Waals surface area contributed by atoms with Crippen LogP contribution in [-0.4, -0.2) is 42.1 Å². The first-order valence-electron chi connectivity index (χ1n) is 10.4. The van der Waals surface area contributed by atoms with Crippen LogP contribution in [0.25, 0.3) is 0 Å². The number of carbonyl (C=O) groups excluding carboxylic acids is 1. The van der Waals surface area contributed by atoms with Crippen LogP contribution in [0.15, 0.2) is 36.7 Å². The van der Waals surface area contributed by atoms with Crippen LogP contribution in [0, 0.1) is 5.92 Å². The second kappa shape index (κ2) is 8.59. The number of anilines is 3. The molecule has 6 nitrogen and oxygen atoms in total. The van der Waals surface area contributed by atoms with E-state index in [1.54, 1.807) is 6.07 Å². The molecule has 2 fully saturated rings. The molecular formula is C22H29N5O. The largest absolute Gasteiger partial charge is 0.372 e. The average molecular weight is 380 g/mol. The van der Waals surface area contributed by atoms with Crippen LogP contribution in [0.2, 0.25) is 0 Å². The van der Waals surface area contributed by atoms with E-state index in [4.69, 9.17) is 0 Å². The molecule has 1 amide bonds. The normalized spacial score (nSPS) is 18.2. The number of aromatic nitrogens is 2. The smallest absolute Gasteiger partial charge is 0.274 e. The molecule has 2 aliphatic rings. The third kappa shape index (κ3) is 4.43. The Kier molecular flexibility index (Phi) is 5.74. The number of hydrogen-bond acceptors (Lipinski definition) is 5. The molecule has 0 unspecified atom stereocenters.